The predicted octanol–water partition coefficient (Wildman–Crippen LogP) is 2.31. The van der Waals surface area contributed by atoms with Gasteiger partial charge in [-0.1, -0.05) is 17.9 Å². The minimum atomic E-state index is 0.0631. The third-order valence-corrected chi connectivity index (χ3v) is 4.84. The standard InChI is InChI=1S/C17H21NO2S/c1-13-12-21-11-9-18(13)17(20)16-8-5-7-15(14(16)2)6-3-4-10-19/h5,7-8,13,19H,4,9-12H2,1-2H3. The van der Waals surface area contributed by atoms with Crippen LogP contribution in [0, 0.1) is 18.8 Å². The smallest absolute Gasteiger partial charge is 0.254 e. The number of aliphatic hydroxyl groups is 1. The number of rotatable bonds is 2. The fourth-order valence-corrected chi connectivity index (χ4v) is 3.41. The molecule has 1 amide bonds. The molecule has 3 nitrogen and oxygen atoms in total. The highest BCUT2D eigenvalue weighted by Gasteiger charge is 2.25. The van der Waals surface area contributed by atoms with Gasteiger partial charge < -0.3 is 10.0 Å². The van der Waals surface area contributed by atoms with E-state index in [2.05, 4.69) is 18.8 Å². The van der Waals surface area contributed by atoms with Gasteiger partial charge >= 0.3 is 0 Å². The summed E-state index contributed by atoms with van der Waals surface area (Å²) in [6, 6.07) is 5.96. The van der Waals surface area contributed by atoms with Crippen molar-refractivity contribution in [3.05, 3.63) is 34.9 Å². The molecule has 1 unspecified atom stereocenters. The summed E-state index contributed by atoms with van der Waals surface area (Å²) in [5.41, 5.74) is 2.54. The van der Waals surface area contributed by atoms with Crippen LogP contribution in [0.25, 0.3) is 0 Å². The molecule has 0 saturated carbocycles. The zero-order chi connectivity index (χ0) is 15.2. The Morgan fingerprint density at radius 1 is 1.52 bits per heavy atom. The molecule has 112 valence electrons. The number of thioether (sulfide) groups is 1. The first kappa shape index (κ1) is 15.9. The maximum Gasteiger partial charge on any atom is 0.254 e. The van der Waals surface area contributed by atoms with Gasteiger partial charge in [-0.3, -0.25) is 4.79 Å². The summed E-state index contributed by atoms with van der Waals surface area (Å²) in [5.74, 6) is 8.07. The lowest BCUT2D eigenvalue weighted by molar-refractivity contribution is 0.0715. The van der Waals surface area contributed by atoms with Crippen LogP contribution in [0.15, 0.2) is 18.2 Å². The fourth-order valence-electron chi connectivity index (χ4n) is 2.40. The fraction of sp³-hybridized carbons (Fsp3) is 0.471. The molecule has 1 fully saturated rings. The first-order valence-corrected chi connectivity index (χ1v) is 8.38. The van der Waals surface area contributed by atoms with E-state index in [1.807, 2.05) is 41.8 Å². The SMILES string of the molecule is Cc1c(C#CCCO)cccc1C(=O)N1CCSCC1C. The Morgan fingerprint density at radius 2 is 2.33 bits per heavy atom. The largest absolute Gasteiger partial charge is 0.395 e. The van der Waals surface area contributed by atoms with Crippen molar-refractivity contribution in [1.82, 2.24) is 4.90 Å². The number of hydrogen-bond acceptors (Lipinski definition) is 3. The molecule has 0 spiro atoms. The molecular weight excluding hydrogens is 282 g/mol. The summed E-state index contributed by atoms with van der Waals surface area (Å²) in [7, 11) is 0. The van der Waals surface area contributed by atoms with E-state index in [9.17, 15) is 4.79 Å². The summed E-state index contributed by atoms with van der Waals surface area (Å²) in [6.45, 7) is 4.92. The average Bonchev–Trinajstić information content (AvgIpc) is 2.49. The molecule has 1 aliphatic rings. The molecule has 0 radical (unpaired) electrons. The number of benzene rings is 1. The second-order valence-electron chi connectivity index (χ2n) is 5.18. The minimum Gasteiger partial charge on any atom is -0.395 e. The van der Waals surface area contributed by atoms with Gasteiger partial charge in [-0.15, -0.1) is 0 Å². The molecule has 1 aliphatic heterocycles. The van der Waals surface area contributed by atoms with Crippen molar-refractivity contribution in [2.24, 2.45) is 0 Å². The van der Waals surface area contributed by atoms with Crippen LogP contribution in [0.2, 0.25) is 0 Å². The van der Waals surface area contributed by atoms with Crippen molar-refractivity contribution in [1.29, 1.82) is 0 Å². The topological polar surface area (TPSA) is 40.5 Å². The molecule has 1 aromatic carbocycles. The Kier molecular flexibility index (Phi) is 5.72. The number of hydrogen-bond donors (Lipinski definition) is 1. The van der Waals surface area contributed by atoms with Gasteiger partial charge in [0.1, 0.15) is 0 Å². The molecule has 0 aromatic heterocycles. The van der Waals surface area contributed by atoms with Gasteiger partial charge in [0.25, 0.3) is 5.91 Å². The molecule has 1 heterocycles. The Bertz CT molecular complexity index is 574. The van der Waals surface area contributed by atoms with Gasteiger partial charge in [0.2, 0.25) is 0 Å². The normalized spacial score (nSPS) is 18.0. The summed E-state index contributed by atoms with van der Waals surface area (Å²) in [4.78, 5) is 14.7. The van der Waals surface area contributed by atoms with Crippen LogP contribution in [0.5, 0.6) is 0 Å². The van der Waals surface area contributed by atoms with Crippen molar-refractivity contribution < 1.29 is 9.90 Å². The molecule has 0 aliphatic carbocycles. The van der Waals surface area contributed by atoms with Gasteiger partial charge in [-0.05, 0) is 31.5 Å². The van der Waals surface area contributed by atoms with Crippen molar-refractivity contribution in [3.8, 4) is 11.8 Å². The van der Waals surface area contributed by atoms with E-state index in [0.717, 1.165) is 34.7 Å². The first-order chi connectivity index (χ1) is 10.1. The lowest BCUT2D eigenvalue weighted by Crippen LogP contribution is -2.44. The van der Waals surface area contributed by atoms with E-state index in [4.69, 9.17) is 5.11 Å². The third-order valence-electron chi connectivity index (χ3n) is 3.65. The van der Waals surface area contributed by atoms with Crippen LogP contribution in [0.3, 0.4) is 0 Å². The van der Waals surface area contributed by atoms with E-state index >= 15 is 0 Å². The molecule has 21 heavy (non-hydrogen) atoms. The van der Waals surface area contributed by atoms with Gasteiger partial charge in [0.15, 0.2) is 0 Å². The maximum absolute atomic E-state index is 12.7. The minimum absolute atomic E-state index is 0.0631. The van der Waals surface area contributed by atoms with Gasteiger partial charge in [0, 0.05) is 41.6 Å². The number of carbonyl (C=O) groups is 1. The van der Waals surface area contributed by atoms with Crippen molar-refractivity contribution >= 4 is 17.7 Å². The van der Waals surface area contributed by atoms with E-state index in [1.165, 1.54) is 0 Å². The van der Waals surface area contributed by atoms with Crippen LogP contribution in [0.4, 0.5) is 0 Å². The third kappa shape index (κ3) is 3.81. The van der Waals surface area contributed by atoms with E-state index in [1.54, 1.807) is 0 Å². The van der Waals surface area contributed by atoms with E-state index in [-0.39, 0.29) is 18.6 Å². The number of nitrogens with zero attached hydrogens (tertiary/aromatic N) is 1. The first-order valence-electron chi connectivity index (χ1n) is 7.23. The van der Waals surface area contributed by atoms with Crippen LogP contribution < -0.4 is 0 Å². The van der Waals surface area contributed by atoms with E-state index in [0.29, 0.717) is 6.42 Å². The van der Waals surface area contributed by atoms with Crippen molar-refractivity contribution in [2.75, 3.05) is 24.7 Å². The molecule has 1 saturated heterocycles. The van der Waals surface area contributed by atoms with Crippen LogP contribution in [-0.2, 0) is 0 Å². The molecule has 2 rings (SSSR count). The van der Waals surface area contributed by atoms with E-state index < -0.39 is 0 Å². The average molecular weight is 303 g/mol. The van der Waals surface area contributed by atoms with Crippen LogP contribution in [0.1, 0.15) is 34.8 Å². The molecule has 0 bridgehead atoms. The summed E-state index contributed by atoms with van der Waals surface area (Å²) >= 11 is 1.90. The second-order valence-corrected chi connectivity index (χ2v) is 6.33. The number of amides is 1. The van der Waals surface area contributed by atoms with Gasteiger partial charge in [-0.2, -0.15) is 11.8 Å². The van der Waals surface area contributed by atoms with Crippen LogP contribution in [-0.4, -0.2) is 46.6 Å². The second kappa shape index (κ2) is 7.53. The highest BCUT2D eigenvalue weighted by Crippen LogP contribution is 2.21. The lowest BCUT2D eigenvalue weighted by Gasteiger charge is -2.33. The summed E-state index contributed by atoms with van der Waals surface area (Å²) < 4.78 is 0. The van der Waals surface area contributed by atoms with Crippen molar-refractivity contribution in [3.63, 3.8) is 0 Å². The molecular formula is C17H21NO2S. The van der Waals surface area contributed by atoms with Crippen LogP contribution >= 0.6 is 11.8 Å². The zero-order valence-electron chi connectivity index (χ0n) is 12.6. The number of carbonyl (C=O) groups excluding carboxylic acids is 1. The molecule has 4 heteroatoms. The van der Waals surface area contributed by atoms with Crippen molar-refractivity contribution in [2.45, 2.75) is 26.3 Å². The monoisotopic (exact) mass is 303 g/mol. The molecule has 1 atom stereocenters. The molecule has 1 N–H and O–H groups in total. The highest BCUT2D eigenvalue weighted by atomic mass is 32.2. The number of aliphatic hydroxyl groups excluding tert-OH is 1. The lowest BCUT2D eigenvalue weighted by atomic mass is 10.0. The highest BCUT2D eigenvalue weighted by molar-refractivity contribution is 7.99. The molecule has 1 aromatic rings. The maximum atomic E-state index is 12.7. The predicted molar refractivity (Wildman–Crippen MR) is 87.6 cm³/mol. The van der Waals surface area contributed by atoms with Gasteiger partial charge in [-0.25, -0.2) is 0 Å². The zero-order valence-corrected chi connectivity index (χ0v) is 13.4. The summed E-state index contributed by atoms with van der Waals surface area (Å²) in [5, 5.41) is 8.79. The Labute approximate surface area is 130 Å². The quantitative estimate of drug-likeness (QED) is 0.852. The Balaban J connectivity index is 2.25. The van der Waals surface area contributed by atoms with Gasteiger partial charge in [0.05, 0.1) is 6.61 Å². The Hall–Kier alpha value is -1.44. The Morgan fingerprint density at radius 3 is 3.05 bits per heavy atom. The summed E-state index contributed by atoms with van der Waals surface area (Å²) in [6.07, 6.45) is 0.456.